The highest BCUT2D eigenvalue weighted by Gasteiger charge is 2.21. The first-order chi connectivity index (χ1) is 8.59. The van der Waals surface area contributed by atoms with Gasteiger partial charge >= 0.3 is 0 Å². The van der Waals surface area contributed by atoms with E-state index in [1.165, 1.54) is 0 Å². The quantitative estimate of drug-likeness (QED) is 0.664. The number of halogens is 2. The predicted octanol–water partition coefficient (Wildman–Crippen LogP) is 0.967. The Kier molecular flexibility index (Phi) is 7.65. The molecule has 0 saturated carbocycles. The molecule has 0 aromatic rings. The molecule has 18 heavy (non-hydrogen) atoms. The third kappa shape index (κ3) is 6.58. The second-order valence-corrected chi connectivity index (χ2v) is 4.75. The number of nitrogens with zero attached hydrogens (tertiary/aromatic N) is 1. The van der Waals surface area contributed by atoms with Crippen LogP contribution in [-0.4, -0.2) is 69.5 Å². The van der Waals surface area contributed by atoms with E-state index in [2.05, 4.69) is 24.1 Å². The minimum Gasteiger partial charge on any atom is -0.374 e. The molecule has 0 radical (unpaired) electrons. The lowest BCUT2D eigenvalue weighted by Gasteiger charge is -2.35. The lowest BCUT2D eigenvalue weighted by molar-refractivity contribution is -0.0382. The van der Waals surface area contributed by atoms with Gasteiger partial charge in [0.05, 0.1) is 19.3 Å². The number of hydrogen-bond acceptors (Lipinski definition) is 4. The molecule has 0 amide bonds. The van der Waals surface area contributed by atoms with Crippen LogP contribution in [0.3, 0.4) is 0 Å². The van der Waals surface area contributed by atoms with Crippen molar-refractivity contribution in [1.29, 1.82) is 0 Å². The largest absolute Gasteiger partial charge is 0.374 e. The molecule has 1 rings (SSSR count). The second kappa shape index (κ2) is 8.74. The maximum Gasteiger partial charge on any atom is 0.261 e. The van der Waals surface area contributed by atoms with Gasteiger partial charge in [0, 0.05) is 32.2 Å². The number of hydrogen-bond donors (Lipinski definition) is 1. The van der Waals surface area contributed by atoms with Gasteiger partial charge in [0.1, 0.15) is 6.61 Å². The molecule has 1 aliphatic heterocycles. The summed E-state index contributed by atoms with van der Waals surface area (Å²) in [5.74, 6) is 0. The monoisotopic (exact) mass is 266 g/mol. The summed E-state index contributed by atoms with van der Waals surface area (Å²) < 4.78 is 34.0. The maximum atomic E-state index is 11.8. The van der Waals surface area contributed by atoms with Gasteiger partial charge in [-0.15, -0.1) is 0 Å². The SMILES string of the molecule is CC(C)N1CCOC(CNCCOCC(F)F)C1. The average Bonchev–Trinajstić information content (AvgIpc) is 2.33. The molecular formula is C12H24F2N2O2. The van der Waals surface area contributed by atoms with Crippen molar-refractivity contribution < 1.29 is 18.3 Å². The Hall–Kier alpha value is -0.300. The first kappa shape index (κ1) is 15.8. The van der Waals surface area contributed by atoms with Crippen molar-refractivity contribution in [2.45, 2.75) is 32.4 Å². The topological polar surface area (TPSA) is 33.7 Å². The van der Waals surface area contributed by atoms with Crippen LogP contribution in [0.25, 0.3) is 0 Å². The molecule has 0 aromatic heterocycles. The van der Waals surface area contributed by atoms with Crippen LogP contribution in [0.2, 0.25) is 0 Å². The molecule has 0 bridgehead atoms. The smallest absolute Gasteiger partial charge is 0.261 e. The Bertz CT molecular complexity index is 218. The molecule has 0 aromatic carbocycles. The third-order valence-electron chi connectivity index (χ3n) is 2.94. The van der Waals surface area contributed by atoms with Gasteiger partial charge in [0.15, 0.2) is 0 Å². The van der Waals surface area contributed by atoms with E-state index in [4.69, 9.17) is 9.47 Å². The first-order valence-corrected chi connectivity index (χ1v) is 6.52. The fourth-order valence-electron chi connectivity index (χ4n) is 1.91. The summed E-state index contributed by atoms with van der Waals surface area (Å²) in [5, 5.41) is 3.17. The summed E-state index contributed by atoms with van der Waals surface area (Å²) in [6.07, 6.45) is -2.21. The van der Waals surface area contributed by atoms with Crippen molar-refractivity contribution in [3.63, 3.8) is 0 Å². The molecular weight excluding hydrogens is 242 g/mol. The summed E-state index contributed by atoms with van der Waals surface area (Å²) in [7, 11) is 0. The Balaban J connectivity index is 2.01. The molecule has 0 aliphatic carbocycles. The molecule has 4 nitrogen and oxygen atoms in total. The van der Waals surface area contributed by atoms with Gasteiger partial charge in [-0.05, 0) is 13.8 Å². The first-order valence-electron chi connectivity index (χ1n) is 6.52. The van der Waals surface area contributed by atoms with Crippen molar-refractivity contribution in [1.82, 2.24) is 10.2 Å². The maximum absolute atomic E-state index is 11.8. The molecule has 1 N–H and O–H groups in total. The van der Waals surface area contributed by atoms with Gasteiger partial charge in [-0.3, -0.25) is 4.90 Å². The molecule has 1 fully saturated rings. The summed E-state index contributed by atoms with van der Waals surface area (Å²) in [5.41, 5.74) is 0. The van der Waals surface area contributed by atoms with Crippen LogP contribution < -0.4 is 5.32 Å². The zero-order chi connectivity index (χ0) is 13.4. The van der Waals surface area contributed by atoms with Crippen LogP contribution in [-0.2, 0) is 9.47 Å². The molecule has 1 unspecified atom stereocenters. The minimum absolute atomic E-state index is 0.177. The van der Waals surface area contributed by atoms with E-state index in [1.807, 2.05) is 0 Å². The van der Waals surface area contributed by atoms with Crippen molar-refractivity contribution in [3.8, 4) is 0 Å². The van der Waals surface area contributed by atoms with Crippen molar-refractivity contribution >= 4 is 0 Å². The van der Waals surface area contributed by atoms with Crippen LogP contribution in [0.15, 0.2) is 0 Å². The van der Waals surface area contributed by atoms with Crippen LogP contribution in [0, 0.1) is 0 Å². The van der Waals surface area contributed by atoms with E-state index >= 15 is 0 Å². The van der Waals surface area contributed by atoms with Crippen LogP contribution >= 0.6 is 0 Å². The Morgan fingerprint density at radius 2 is 2.22 bits per heavy atom. The van der Waals surface area contributed by atoms with E-state index in [9.17, 15) is 8.78 Å². The molecule has 1 heterocycles. The lowest BCUT2D eigenvalue weighted by Crippen LogP contribution is -2.49. The van der Waals surface area contributed by atoms with Crippen molar-refractivity contribution in [3.05, 3.63) is 0 Å². The van der Waals surface area contributed by atoms with Gasteiger partial charge < -0.3 is 14.8 Å². The highest BCUT2D eigenvalue weighted by molar-refractivity contribution is 4.75. The van der Waals surface area contributed by atoms with Crippen LogP contribution in [0.4, 0.5) is 8.78 Å². The Labute approximate surface area is 108 Å². The van der Waals surface area contributed by atoms with Gasteiger partial charge in [-0.1, -0.05) is 0 Å². The molecule has 6 heteroatoms. The number of nitrogens with one attached hydrogen (secondary N) is 1. The lowest BCUT2D eigenvalue weighted by atomic mass is 10.2. The fraction of sp³-hybridized carbons (Fsp3) is 1.00. The average molecular weight is 266 g/mol. The van der Waals surface area contributed by atoms with Gasteiger partial charge in [-0.25, -0.2) is 8.78 Å². The third-order valence-corrected chi connectivity index (χ3v) is 2.94. The van der Waals surface area contributed by atoms with Crippen molar-refractivity contribution in [2.75, 3.05) is 46.0 Å². The second-order valence-electron chi connectivity index (χ2n) is 4.75. The fourth-order valence-corrected chi connectivity index (χ4v) is 1.91. The molecule has 108 valence electrons. The standard InChI is InChI=1S/C12H24F2N2O2/c1-10(2)16-4-6-18-11(8-16)7-15-3-5-17-9-12(13)14/h10-12,15H,3-9H2,1-2H3. The van der Waals surface area contributed by atoms with E-state index in [0.717, 1.165) is 26.2 Å². The van der Waals surface area contributed by atoms with E-state index < -0.39 is 13.0 Å². The summed E-state index contributed by atoms with van der Waals surface area (Å²) in [6, 6.07) is 0.533. The zero-order valence-corrected chi connectivity index (χ0v) is 11.2. The molecule has 1 saturated heterocycles. The van der Waals surface area contributed by atoms with Gasteiger partial charge in [0.25, 0.3) is 6.43 Å². The zero-order valence-electron chi connectivity index (χ0n) is 11.2. The highest BCUT2D eigenvalue weighted by atomic mass is 19.3. The van der Waals surface area contributed by atoms with E-state index in [0.29, 0.717) is 19.2 Å². The number of ether oxygens (including phenoxy) is 2. The normalized spacial score (nSPS) is 22.0. The molecule has 1 aliphatic rings. The molecule has 1 atom stereocenters. The van der Waals surface area contributed by atoms with E-state index in [-0.39, 0.29) is 6.10 Å². The Morgan fingerprint density at radius 1 is 1.44 bits per heavy atom. The Morgan fingerprint density at radius 3 is 2.89 bits per heavy atom. The van der Waals surface area contributed by atoms with Crippen LogP contribution in [0.1, 0.15) is 13.8 Å². The van der Waals surface area contributed by atoms with Gasteiger partial charge in [0.2, 0.25) is 0 Å². The minimum atomic E-state index is -2.38. The summed E-state index contributed by atoms with van der Waals surface area (Å²) in [4.78, 5) is 2.38. The highest BCUT2D eigenvalue weighted by Crippen LogP contribution is 2.07. The van der Waals surface area contributed by atoms with Gasteiger partial charge in [-0.2, -0.15) is 0 Å². The molecule has 0 spiro atoms. The van der Waals surface area contributed by atoms with Crippen LogP contribution in [0.5, 0.6) is 0 Å². The number of morpholine rings is 1. The van der Waals surface area contributed by atoms with E-state index in [1.54, 1.807) is 0 Å². The predicted molar refractivity (Wildman–Crippen MR) is 66.1 cm³/mol. The summed E-state index contributed by atoms with van der Waals surface area (Å²) >= 11 is 0. The number of alkyl halides is 2. The number of rotatable bonds is 8. The van der Waals surface area contributed by atoms with Crippen molar-refractivity contribution in [2.24, 2.45) is 0 Å². The summed E-state index contributed by atoms with van der Waals surface area (Å²) in [6.45, 7) is 8.14.